The third kappa shape index (κ3) is 3.11. The minimum Gasteiger partial charge on any atom is -0.504 e. The Balaban J connectivity index is 2.03. The van der Waals surface area contributed by atoms with Crippen molar-refractivity contribution in [2.75, 3.05) is 10.6 Å². The second kappa shape index (κ2) is 5.37. The summed E-state index contributed by atoms with van der Waals surface area (Å²) in [5, 5.41) is 15.0. The van der Waals surface area contributed by atoms with E-state index in [0.717, 1.165) is 0 Å². The van der Waals surface area contributed by atoms with Gasteiger partial charge in [-0.1, -0.05) is 17.7 Å². The van der Waals surface area contributed by atoms with Crippen LogP contribution in [-0.4, -0.2) is 16.1 Å². The van der Waals surface area contributed by atoms with Crippen LogP contribution in [0.5, 0.6) is 5.75 Å². The maximum atomic E-state index is 11.6. The van der Waals surface area contributed by atoms with E-state index in [1.165, 1.54) is 12.3 Å². The molecule has 2 aromatic rings. The van der Waals surface area contributed by atoms with Crippen molar-refractivity contribution < 1.29 is 9.90 Å². The second-order valence-corrected chi connectivity index (χ2v) is 3.90. The van der Waals surface area contributed by atoms with E-state index < -0.39 is 6.03 Å². The zero-order valence-corrected chi connectivity index (χ0v) is 9.98. The number of hydrogen-bond donors (Lipinski definition) is 3. The molecule has 0 fully saturated rings. The molecule has 0 saturated heterocycles. The number of carbonyl (C=O) groups is 1. The van der Waals surface area contributed by atoms with Crippen molar-refractivity contribution >= 4 is 29.1 Å². The topological polar surface area (TPSA) is 74.2 Å². The third-order valence-electron chi connectivity index (χ3n) is 2.10. The molecule has 0 aliphatic carbocycles. The Morgan fingerprint density at radius 3 is 2.78 bits per heavy atom. The smallest absolute Gasteiger partial charge is 0.324 e. The molecule has 1 aromatic heterocycles. The first-order valence-corrected chi connectivity index (χ1v) is 5.50. The van der Waals surface area contributed by atoms with Crippen LogP contribution in [0.15, 0.2) is 42.6 Å². The monoisotopic (exact) mass is 263 g/mol. The summed E-state index contributed by atoms with van der Waals surface area (Å²) in [5.41, 5.74) is 0.551. The average Bonchev–Trinajstić information content (AvgIpc) is 2.32. The zero-order chi connectivity index (χ0) is 13.0. The Kier molecular flexibility index (Phi) is 3.64. The van der Waals surface area contributed by atoms with Crippen LogP contribution in [0.25, 0.3) is 0 Å². The number of urea groups is 1. The number of nitrogens with zero attached hydrogens (tertiary/aromatic N) is 1. The summed E-state index contributed by atoms with van der Waals surface area (Å²) >= 11 is 5.79. The van der Waals surface area contributed by atoms with Crippen LogP contribution in [0.1, 0.15) is 0 Å². The Morgan fingerprint density at radius 1 is 1.22 bits per heavy atom. The molecule has 0 aliphatic rings. The lowest BCUT2D eigenvalue weighted by Crippen LogP contribution is -2.20. The summed E-state index contributed by atoms with van der Waals surface area (Å²) in [7, 11) is 0. The van der Waals surface area contributed by atoms with E-state index in [1.54, 1.807) is 30.3 Å². The van der Waals surface area contributed by atoms with Gasteiger partial charge in [0.05, 0.1) is 0 Å². The molecule has 1 heterocycles. The number of anilines is 2. The number of pyridine rings is 1. The average molecular weight is 264 g/mol. The highest BCUT2D eigenvalue weighted by Gasteiger charge is 2.06. The molecule has 6 heteroatoms. The number of hydrogen-bond acceptors (Lipinski definition) is 3. The number of amides is 2. The third-order valence-corrected chi connectivity index (χ3v) is 2.34. The number of aromatic nitrogens is 1. The van der Waals surface area contributed by atoms with Gasteiger partial charge < -0.3 is 10.4 Å². The molecule has 3 N–H and O–H groups in total. The fourth-order valence-electron chi connectivity index (χ4n) is 1.33. The maximum absolute atomic E-state index is 11.6. The van der Waals surface area contributed by atoms with E-state index in [2.05, 4.69) is 15.6 Å². The molecule has 1 aromatic carbocycles. The molecule has 0 saturated carbocycles. The molecule has 0 unspecified atom stereocenters. The Hall–Kier alpha value is -2.27. The van der Waals surface area contributed by atoms with Crippen LogP contribution in [0.3, 0.4) is 0 Å². The van der Waals surface area contributed by atoms with Crippen molar-refractivity contribution in [3.63, 3.8) is 0 Å². The van der Waals surface area contributed by atoms with Crippen molar-refractivity contribution in [1.29, 1.82) is 0 Å². The molecule has 18 heavy (non-hydrogen) atoms. The van der Waals surface area contributed by atoms with Crippen molar-refractivity contribution in [2.24, 2.45) is 0 Å². The second-order valence-electron chi connectivity index (χ2n) is 3.46. The van der Waals surface area contributed by atoms with Crippen LogP contribution >= 0.6 is 11.6 Å². The van der Waals surface area contributed by atoms with Gasteiger partial charge in [0, 0.05) is 16.9 Å². The summed E-state index contributed by atoms with van der Waals surface area (Å²) in [6.45, 7) is 0. The quantitative estimate of drug-likeness (QED) is 0.779. The summed E-state index contributed by atoms with van der Waals surface area (Å²) in [4.78, 5) is 15.5. The number of benzene rings is 1. The van der Waals surface area contributed by atoms with E-state index >= 15 is 0 Å². The lowest BCUT2D eigenvalue weighted by molar-refractivity contribution is 0.262. The number of halogens is 1. The van der Waals surface area contributed by atoms with E-state index in [1.807, 2.05) is 0 Å². The highest BCUT2D eigenvalue weighted by atomic mass is 35.5. The first-order valence-electron chi connectivity index (χ1n) is 5.13. The van der Waals surface area contributed by atoms with Gasteiger partial charge in [0.15, 0.2) is 11.6 Å². The van der Waals surface area contributed by atoms with Gasteiger partial charge in [0.2, 0.25) is 0 Å². The zero-order valence-electron chi connectivity index (χ0n) is 9.22. The number of carbonyl (C=O) groups excluding carboxylic acids is 1. The number of nitrogens with one attached hydrogen (secondary N) is 2. The standard InChI is InChI=1S/C12H10ClN3O2/c13-8-3-1-4-9(7-8)15-12(18)16-11-10(17)5-2-6-14-11/h1-7,17H,(H2,14,15,16,18). The van der Waals surface area contributed by atoms with Crippen LogP contribution in [0.2, 0.25) is 5.02 Å². The Morgan fingerprint density at radius 2 is 2.06 bits per heavy atom. The molecule has 2 rings (SSSR count). The summed E-state index contributed by atoms with van der Waals surface area (Å²) in [5.74, 6) is -0.00391. The van der Waals surface area contributed by atoms with E-state index in [4.69, 9.17) is 11.6 Å². The van der Waals surface area contributed by atoms with Crippen molar-refractivity contribution in [3.05, 3.63) is 47.6 Å². The van der Waals surface area contributed by atoms with Crippen LogP contribution < -0.4 is 10.6 Å². The van der Waals surface area contributed by atoms with Crippen molar-refractivity contribution in [1.82, 2.24) is 4.98 Å². The molecule has 0 radical (unpaired) electrons. The fraction of sp³-hybridized carbons (Fsp3) is 0. The van der Waals surface area contributed by atoms with E-state index in [9.17, 15) is 9.90 Å². The highest BCUT2D eigenvalue weighted by Crippen LogP contribution is 2.19. The minimum atomic E-state index is -0.508. The first kappa shape index (κ1) is 12.2. The van der Waals surface area contributed by atoms with Crippen LogP contribution in [0, 0.1) is 0 Å². The lowest BCUT2D eigenvalue weighted by Gasteiger charge is -2.08. The highest BCUT2D eigenvalue weighted by molar-refractivity contribution is 6.30. The Labute approximate surface area is 108 Å². The van der Waals surface area contributed by atoms with Gasteiger partial charge in [-0.2, -0.15) is 0 Å². The summed E-state index contributed by atoms with van der Waals surface area (Å²) in [6, 6.07) is 9.22. The van der Waals surface area contributed by atoms with Crippen molar-refractivity contribution in [2.45, 2.75) is 0 Å². The molecule has 0 spiro atoms. The van der Waals surface area contributed by atoms with E-state index in [-0.39, 0.29) is 11.6 Å². The van der Waals surface area contributed by atoms with Gasteiger partial charge in [0.1, 0.15) is 0 Å². The molecule has 92 valence electrons. The Bertz CT molecular complexity index is 575. The normalized spacial score (nSPS) is 9.83. The maximum Gasteiger partial charge on any atom is 0.324 e. The predicted octanol–water partition coefficient (Wildman–Crippen LogP) is 3.08. The minimum absolute atomic E-state index is 0.0945. The lowest BCUT2D eigenvalue weighted by atomic mass is 10.3. The van der Waals surface area contributed by atoms with Crippen molar-refractivity contribution in [3.8, 4) is 5.75 Å². The molecule has 2 amide bonds. The van der Waals surface area contributed by atoms with Gasteiger partial charge >= 0.3 is 6.03 Å². The molecule has 5 nitrogen and oxygen atoms in total. The summed E-state index contributed by atoms with van der Waals surface area (Å²) in [6.07, 6.45) is 1.47. The van der Waals surface area contributed by atoms with Gasteiger partial charge in [-0.25, -0.2) is 9.78 Å². The van der Waals surface area contributed by atoms with Gasteiger partial charge in [0.25, 0.3) is 0 Å². The predicted molar refractivity (Wildman–Crippen MR) is 70.0 cm³/mol. The molecular weight excluding hydrogens is 254 g/mol. The number of aromatic hydroxyl groups is 1. The largest absolute Gasteiger partial charge is 0.504 e. The number of rotatable bonds is 2. The molecule has 0 atom stereocenters. The summed E-state index contributed by atoms with van der Waals surface area (Å²) < 4.78 is 0. The van der Waals surface area contributed by atoms with Gasteiger partial charge in [-0.15, -0.1) is 0 Å². The molecular formula is C12H10ClN3O2. The van der Waals surface area contributed by atoms with Crippen LogP contribution in [-0.2, 0) is 0 Å². The van der Waals surface area contributed by atoms with Gasteiger partial charge in [-0.3, -0.25) is 5.32 Å². The van der Waals surface area contributed by atoms with Gasteiger partial charge in [-0.05, 0) is 30.3 Å². The molecule has 0 aliphatic heterocycles. The fourth-order valence-corrected chi connectivity index (χ4v) is 1.52. The molecule has 0 bridgehead atoms. The SMILES string of the molecule is O=C(Nc1cccc(Cl)c1)Nc1ncccc1O. The van der Waals surface area contributed by atoms with E-state index in [0.29, 0.717) is 10.7 Å². The first-order chi connectivity index (χ1) is 8.65. The van der Waals surface area contributed by atoms with Crippen LogP contribution in [0.4, 0.5) is 16.3 Å².